The van der Waals surface area contributed by atoms with Crippen LogP contribution in [-0.4, -0.2) is 48.6 Å². The summed E-state index contributed by atoms with van der Waals surface area (Å²) in [5.41, 5.74) is 0.250. The van der Waals surface area contributed by atoms with Gasteiger partial charge in [-0.15, -0.1) is 0 Å². The molecule has 1 rings (SSSR count). The minimum atomic E-state index is 0.250. The van der Waals surface area contributed by atoms with Crippen LogP contribution in [0.4, 0.5) is 0 Å². The summed E-state index contributed by atoms with van der Waals surface area (Å²) in [6.07, 6.45) is 0. The van der Waals surface area contributed by atoms with Crippen LogP contribution in [0, 0.1) is 17.2 Å². The maximum Gasteiger partial charge on any atom is 0.0717 e. The molecule has 1 aliphatic heterocycles. The Kier molecular flexibility index (Phi) is 3.52. The standard InChI is InChI=1S/C11H21N3/c1-11(2,3)13(4)5-6-14-8-10(7-12)9-14/h10H,5-6,8-9H2,1-4H3. The monoisotopic (exact) mass is 195 g/mol. The molecule has 0 aromatic carbocycles. The fraction of sp³-hybridized carbons (Fsp3) is 0.909. The van der Waals surface area contributed by atoms with Gasteiger partial charge in [0.15, 0.2) is 0 Å². The minimum absolute atomic E-state index is 0.250. The van der Waals surface area contributed by atoms with Crippen molar-refractivity contribution in [3.63, 3.8) is 0 Å². The zero-order valence-electron chi connectivity index (χ0n) is 9.75. The molecule has 1 aliphatic rings. The Morgan fingerprint density at radius 3 is 2.43 bits per heavy atom. The van der Waals surface area contributed by atoms with Crippen molar-refractivity contribution >= 4 is 0 Å². The van der Waals surface area contributed by atoms with Gasteiger partial charge >= 0.3 is 0 Å². The molecule has 0 bridgehead atoms. The van der Waals surface area contributed by atoms with E-state index in [1.54, 1.807) is 0 Å². The minimum Gasteiger partial charge on any atom is -0.300 e. The van der Waals surface area contributed by atoms with Gasteiger partial charge in [0.1, 0.15) is 0 Å². The molecular formula is C11H21N3. The van der Waals surface area contributed by atoms with Gasteiger partial charge < -0.3 is 4.90 Å². The number of likely N-dealkylation sites (tertiary alicyclic amines) is 1. The zero-order chi connectivity index (χ0) is 10.8. The summed E-state index contributed by atoms with van der Waals surface area (Å²) in [7, 11) is 2.15. The molecule has 0 aliphatic carbocycles. The van der Waals surface area contributed by atoms with Crippen LogP contribution in [0.5, 0.6) is 0 Å². The molecule has 14 heavy (non-hydrogen) atoms. The number of likely N-dealkylation sites (N-methyl/N-ethyl adjacent to an activating group) is 1. The number of rotatable bonds is 3. The van der Waals surface area contributed by atoms with Gasteiger partial charge in [-0.1, -0.05) is 0 Å². The van der Waals surface area contributed by atoms with Crippen LogP contribution < -0.4 is 0 Å². The molecule has 1 fully saturated rings. The quantitative estimate of drug-likeness (QED) is 0.677. The molecule has 3 heteroatoms. The van der Waals surface area contributed by atoms with Crippen LogP contribution in [0.15, 0.2) is 0 Å². The van der Waals surface area contributed by atoms with Crippen LogP contribution in [0.25, 0.3) is 0 Å². The smallest absolute Gasteiger partial charge is 0.0717 e. The van der Waals surface area contributed by atoms with Gasteiger partial charge in [0.05, 0.1) is 12.0 Å². The van der Waals surface area contributed by atoms with Crippen LogP contribution in [0.3, 0.4) is 0 Å². The molecular weight excluding hydrogens is 174 g/mol. The van der Waals surface area contributed by atoms with Crippen LogP contribution >= 0.6 is 0 Å². The third-order valence-electron chi connectivity index (χ3n) is 3.04. The van der Waals surface area contributed by atoms with Crippen LogP contribution in [0.1, 0.15) is 20.8 Å². The predicted octanol–water partition coefficient (Wildman–Crippen LogP) is 1.17. The van der Waals surface area contributed by atoms with Gasteiger partial charge in [0.2, 0.25) is 0 Å². The maximum absolute atomic E-state index is 8.62. The first-order chi connectivity index (χ1) is 6.43. The Morgan fingerprint density at radius 1 is 1.43 bits per heavy atom. The molecule has 0 unspecified atom stereocenters. The highest BCUT2D eigenvalue weighted by atomic mass is 15.2. The Hall–Kier alpha value is -0.590. The molecule has 1 saturated heterocycles. The molecule has 0 amide bonds. The molecule has 0 atom stereocenters. The number of hydrogen-bond donors (Lipinski definition) is 0. The van der Waals surface area contributed by atoms with E-state index in [2.05, 4.69) is 43.7 Å². The van der Waals surface area contributed by atoms with Crippen molar-refractivity contribution in [1.29, 1.82) is 5.26 Å². The normalized spacial score (nSPS) is 19.4. The van der Waals surface area contributed by atoms with Crippen molar-refractivity contribution in [2.45, 2.75) is 26.3 Å². The van der Waals surface area contributed by atoms with E-state index in [9.17, 15) is 0 Å². The number of nitriles is 1. The number of hydrogen-bond acceptors (Lipinski definition) is 3. The van der Waals surface area contributed by atoms with E-state index in [1.165, 1.54) is 0 Å². The summed E-state index contributed by atoms with van der Waals surface area (Å²) in [5.74, 6) is 0.287. The lowest BCUT2D eigenvalue weighted by atomic mass is 10.0. The highest BCUT2D eigenvalue weighted by Gasteiger charge is 2.26. The zero-order valence-corrected chi connectivity index (χ0v) is 9.75. The summed E-state index contributed by atoms with van der Waals surface area (Å²) in [6, 6.07) is 2.29. The van der Waals surface area contributed by atoms with Gasteiger partial charge in [0.25, 0.3) is 0 Å². The summed E-state index contributed by atoms with van der Waals surface area (Å²) in [4.78, 5) is 4.70. The maximum atomic E-state index is 8.62. The van der Waals surface area contributed by atoms with E-state index >= 15 is 0 Å². The molecule has 0 aromatic rings. The van der Waals surface area contributed by atoms with Crippen molar-refractivity contribution in [2.24, 2.45) is 5.92 Å². The molecule has 3 nitrogen and oxygen atoms in total. The first-order valence-corrected chi connectivity index (χ1v) is 5.26. The lowest BCUT2D eigenvalue weighted by Crippen LogP contribution is -2.50. The first-order valence-electron chi connectivity index (χ1n) is 5.26. The van der Waals surface area contributed by atoms with Gasteiger partial charge in [-0.05, 0) is 27.8 Å². The SMILES string of the molecule is CN(CCN1CC(C#N)C1)C(C)(C)C. The van der Waals surface area contributed by atoms with Gasteiger partial charge in [-0.25, -0.2) is 0 Å². The topological polar surface area (TPSA) is 30.3 Å². The van der Waals surface area contributed by atoms with Gasteiger partial charge in [-0.3, -0.25) is 4.90 Å². The Labute approximate surface area is 87.3 Å². The van der Waals surface area contributed by atoms with Crippen LogP contribution in [0.2, 0.25) is 0 Å². The van der Waals surface area contributed by atoms with E-state index in [0.29, 0.717) is 0 Å². The summed E-state index contributed by atoms with van der Waals surface area (Å²) in [5, 5.41) is 8.62. The second kappa shape index (κ2) is 4.29. The van der Waals surface area contributed by atoms with Crippen molar-refractivity contribution < 1.29 is 0 Å². The van der Waals surface area contributed by atoms with E-state index in [1.807, 2.05) is 0 Å². The third-order valence-corrected chi connectivity index (χ3v) is 3.04. The summed E-state index contributed by atoms with van der Waals surface area (Å²) >= 11 is 0. The third kappa shape index (κ3) is 2.97. The second-order valence-corrected chi connectivity index (χ2v) is 5.18. The van der Waals surface area contributed by atoms with Crippen molar-refractivity contribution in [3.05, 3.63) is 0 Å². The molecule has 80 valence electrons. The average molecular weight is 195 g/mol. The molecule has 0 aromatic heterocycles. The molecule has 0 radical (unpaired) electrons. The highest BCUT2D eigenvalue weighted by molar-refractivity contribution is 4.95. The first kappa shape index (κ1) is 11.5. The van der Waals surface area contributed by atoms with Crippen LogP contribution in [-0.2, 0) is 0 Å². The fourth-order valence-electron chi connectivity index (χ4n) is 1.46. The molecule has 1 heterocycles. The van der Waals surface area contributed by atoms with E-state index in [-0.39, 0.29) is 11.5 Å². The molecule has 0 spiro atoms. The molecule has 0 saturated carbocycles. The van der Waals surface area contributed by atoms with E-state index < -0.39 is 0 Å². The number of nitrogens with zero attached hydrogens (tertiary/aromatic N) is 3. The Balaban J connectivity index is 2.14. The van der Waals surface area contributed by atoms with Crippen molar-refractivity contribution in [2.75, 3.05) is 33.2 Å². The fourth-order valence-corrected chi connectivity index (χ4v) is 1.46. The van der Waals surface area contributed by atoms with Crippen molar-refractivity contribution in [3.8, 4) is 6.07 Å². The van der Waals surface area contributed by atoms with E-state index in [0.717, 1.165) is 26.2 Å². The second-order valence-electron chi connectivity index (χ2n) is 5.18. The lowest BCUT2D eigenvalue weighted by Gasteiger charge is -2.39. The lowest BCUT2D eigenvalue weighted by molar-refractivity contribution is 0.0938. The summed E-state index contributed by atoms with van der Waals surface area (Å²) < 4.78 is 0. The largest absolute Gasteiger partial charge is 0.300 e. The Bertz CT molecular complexity index is 218. The average Bonchev–Trinajstić information content (AvgIpc) is 1.99. The van der Waals surface area contributed by atoms with E-state index in [4.69, 9.17) is 5.26 Å². The van der Waals surface area contributed by atoms with Crippen molar-refractivity contribution in [1.82, 2.24) is 9.80 Å². The summed E-state index contributed by atoms with van der Waals surface area (Å²) in [6.45, 7) is 10.8. The Morgan fingerprint density at radius 2 is 2.00 bits per heavy atom. The predicted molar refractivity (Wildman–Crippen MR) is 57.9 cm³/mol. The highest BCUT2D eigenvalue weighted by Crippen LogP contribution is 2.15. The van der Waals surface area contributed by atoms with Gasteiger partial charge in [0, 0.05) is 31.7 Å². The molecule has 0 N–H and O–H groups in total. The van der Waals surface area contributed by atoms with Gasteiger partial charge in [-0.2, -0.15) is 5.26 Å².